The number of aliphatic hydroxyl groups excluding tert-OH is 2. The molecule has 0 fully saturated rings. The van der Waals surface area contributed by atoms with E-state index in [1.165, 1.54) is 23.5 Å². The Kier molecular flexibility index (Phi) is 7.12. The van der Waals surface area contributed by atoms with Crippen LogP contribution in [0.4, 0.5) is 16.2 Å². The maximum atomic E-state index is 13.6. The van der Waals surface area contributed by atoms with Crippen molar-refractivity contribution in [3.8, 4) is 11.1 Å². The zero-order chi connectivity index (χ0) is 23.4. The van der Waals surface area contributed by atoms with Gasteiger partial charge < -0.3 is 20.4 Å². The quantitative estimate of drug-likeness (QED) is 0.344. The highest BCUT2D eigenvalue weighted by atomic mass is 32.1. The van der Waals surface area contributed by atoms with Gasteiger partial charge in [0.1, 0.15) is 16.5 Å². The van der Waals surface area contributed by atoms with Crippen molar-refractivity contribution in [1.82, 2.24) is 15.0 Å². The van der Waals surface area contributed by atoms with Gasteiger partial charge in [0.15, 0.2) is 0 Å². The van der Waals surface area contributed by atoms with Gasteiger partial charge in [0, 0.05) is 29.2 Å². The van der Waals surface area contributed by atoms with Gasteiger partial charge in [-0.1, -0.05) is 18.2 Å². The van der Waals surface area contributed by atoms with E-state index in [1.54, 1.807) is 17.0 Å². The van der Waals surface area contributed by atoms with Crippen molar-refractivity contribution in [2.24, 2.45) is 0 Å². The first-order valence-corrected chi connectivity index (χ1v) is 11.5. The Morgan fingerprint density at radius 1 is 0.970 bits per heavy atom. The molecule has 0 saturated carbocycles. The molecule has 3 heterocycles. The van der Waals surface area contributed by atoms with Gasteiger partial charge in [-0.3, -0.25) is 4.98 Å². The van der Waals surface area contributed by atoms with Crippen LogP contribution in [0.3, 0.4) is 0 Å². The van der Waals surface area contributed by atoms with Gasteiger partial charge in [-0.15, -0.1) is 11.3 Å². The average Bonchev–Trinajstić information content (AvgIpc) is 3.13. The predicted octanol–water partition coefficient (Wildman–Crippen LogP) is 3.91. The molecule has 0 unspecified atom stereocenters. The number of nitrogens with zero attached hydrogens (tertiary/aromatic N) is 4. The highest BCUT2D eigenvalue weighted by molar-refractivity contribution is 7.19. The summed E-state index contributed by atoms with van der Waals surface area (Å²) < 4.78 is 13.6. The van der Waals surface area contributed by atoms with Gasteiger partial charge in [0.2, 0.25) is 5.95 Å². The Morgan fingerprint density at radius 3 is 2.36 bits per heavy atom. The number of nitrogens with one attached hydrogen (secondary N) is 1. The van der Waals surface area contributed by atoms with E-state index >= 15 is 0 Å². The van der Waals surface area contributed by atoms with Crippen LogP contribution in [0.2, 0.25) is 0 Å². The molecule has 0 amide bonds. The Hall–Kier alpha value is -3.14. The van der Waals surface area contributed by atoms with Gasteiger partial charge >= 0.3 is 0 Å². The zero-order valence-corrected chi connectivity index (χ0v) is 19.4. The number of halogens is 1. The van der Waals surface area contributed by atoms with Crippen LogP contribution in [0.1, 0.15) is 16.3 Å². The number of aliphatic hydroxyl groups is 2. The molecule has 4 rings (SSSR count). The molecule has 7 nitrogen and oxygen atoms in total. The largest absolute Gasteiger partial charge is 0.395 e. The molecule has 0 radical (unpaired) electrons. The summed E-state index contributed by atoms with van der Waals surface area (Å²) in [5.41, 5.74) is 3.65. The van der Waals surface area contributed by atoms with Gasteiger partial charge in [0.05, 0.1) is 30.8 Å². The summed E-state index contributed by atoms with van der Waals surface area (Å²) in [5, 5.41) is 23.2. The van der Waals surface area contributed by atoms with Crippen molar-refractivity contribution in [2.45, 2.75) is 20.4 Å². The summed E-state index contributed by atoms with van der Waals surface area (Å²) in [7, 11) is 0. The van der Waals surface area contributed by atoms with Crippen molar-refractivity contribution in [3.05, 3.63) is 64.5 Å². The second-order valence-electron chi connectivity index (χ2n) is 7.65. The molecule has 33 heavy (non-hydrogen) atoms. The molecular formula is C24H26FN5O2S. The fourth-order valence-corrected chi connectivity index (χ4v) is 4.80. The monoisotopic (exact) mass is 467 g/mol. The molecule has 9 heteroatoms. The van der Waals surface area contributed by atoms with Crippen molar-refractivity contribution in [3.63, 3.8) is 0 Å². The van der Waals surface area contributed by atoms with E-state index in [2.05, 4.69) is 10.3 Å². The van der Waals surface area contributed by atoms with Gasteiger partial charge in [-0.2, -0.15) is 4.98 Å². The van der Waals surface area contributed by atoms with Crippen LogP contribution in [0, 0.1) is 19.7 Å². The first-order chi connectivity index (χ1) is 16.0. The summed E-state index contributed by atoms with van der Waals surface area (Å²) in [6, 6.07) is 12.3. The SMILES string of the molecule is Cc1cccc(CNc2nc(N(CCO)CCO)nc3sc(C)c(-c4ccc(F)cc4)c23)n1. The normalized spacial score (nSPS) is 11.2. The molecule has 0 aliphatic carbocycles. The molecule has 0 aliphatic rings. The number of benzene rings is 1. The summed E-state index contributed by atoms with van der Waals surface area (Å²) in [6.07, 6.45) is 0. The molecule has 0 aliphatic heterocycles. The van der Waals surface area contributed by atoms with Crippen molar-refractivity contribution in [1.29, 1.82) is 0 Å². The lowest BCUT2D eigenvalue weighted by Crippen LogP contribution is -2.31. The Labute approximate surface area is 195 Å². The van der Waals surface area contributed by atoms with Gasteiger partial charge in [-0.25, -0.2) is 9.37 Å². The van der Waals surface area contributed by atoms with E-state index in [0.717, 1.165) is 37.6 Å². The first kappa shape index (κ1) is 23.0. The molecule has 0 spiro atoms. The fourth-order valence-electron chi connectivity index (χ4n) is 3.76. The fraction of sp³-hybridized carbons (Fsp3) is 0.292. The van der Waals surface area contributed by atoms with Gasteiger partial charge in [0.25, 0.3) is 0 Å². The topological polar surface area (TPSA) is 94.4 Å². The first-order valence-electron chi connectivity index (χ1n) is 10.7. The van der Waals surface area contributed by atoms with E-state index in [9.17, 15) is 14.6 Å². The smallest absolute Gasteiger partial charge is 0.228 e. The summed E-state index contributed by atoms with van der Waals surface area (Å²) in [5.74, 6) is 0.766. The second-order valence-corrected chi connectivity index (χ2v) is 8.85. The Balaban J connectivity index is 1.84. The number of aryl methyl sites for hydroxylation is 2. The number of anilines is 2. The molecule has 0 saturated heterocycles. The number of thiophene rings is 1. The van der Waals surface area contributed by atoms with Crippen LogP contribution in [-0.4, -0.2) is 51.5 Å². The molecule has 0 atom stereocenters. The standard InChI is InChI=1S/C24H26FN5O2S/c1-15-4-3-5-19(27-15)14-26-22-21-20(17-6-8-18(25)9-7-17)16(2)33-23(21)29-24(28-22)30(10-12-31)11-13-32/h3-9,31-32H,10-14H2,1-2H3,(H,26,28,29). The Bertz CT molecular complexity index is 1240. The summed E-state index contributed by atoms with van der Waals surface area (Å²) in [4.78, 5) is 17.7. The van der Waals surface area contributed by atoms with Crippen LogP contribution in [0.25, 0.3) is 21.3 Å². The van der Waals surface area contributed by atoms with E-state index < -0.39 is 0 Å². The summed E-state index contributed by atoms with van der Waals surface area (Å²) >= 11 is 1.53. The Morgan fingerprint density at radius 2 is 1.70 bits per heavy atom. The number of pyridine rings is 1. The third-order valence-corrected chi connectivity index (χ3v) is 6.25. The molecule has 3 aromatic heterocycles. The van der Waals surface area contributed by atoms with E-state index in [1.807, 2.05) is 32.0 Å². The molecule has 3 N–H and O–H groups in total. The lowest BCUT2D eigenvalue weighted by Gasteiger charge is -2.21. The van der Waals surface area contributed by atoms with Crippen LogP contribution in [0.5, 0.6) is 0 Å². The highest BCUT2D eigenvalue weighted by Gasteiger charge is 2.21. The van der Waals surface area contributed by atoms with E-state index in [4.69, 9.17) is 9.97 Å². The molecule has 172 valence electrons. The van der Waals surface area contributed by atoms with Crippen molar-refractivity contribution >= 4 is 33.3 Å². The minimum Gasteiger partial charge on any atom is -0.395 e. The number of rotatable bonds is 9. The van der Waals surface area contributed by atoms with Crippen LogP contribution >= 0.6 is 11.3 Å². The maximum absolute atomic E-state index is 13.6. The lowest BCUT2D eigenvalue weighted by atomic mass is 10.0. The third kappa shape index (κ3) is 5.11. The van der Waals surface area contributed by atoms with E-state index in [0.29, 0.717) is 31.4 Å². The maximum Gasteiger partial charge on any atom is 0.228 e. The van der Waals surface area contributed by atoms with Crippen LogP contribution in [-0.2, 0) is 6.54 Å². The number of aromatic nitrogens is 3. The van der Waals surface area contributed by atoms with Crippen LogP contribution < -0.4 is 10.2 Å². The molecule has 0 bridgehead atoms. The highest BCUT2D eigenvalue weighted by Crippen LogP contribution is 2.41. The minimum atomic E-state index is -0.290. The lowest BCUT2D eigenvalue weighted by molar-refractivity contribution is 0.280. The van der Waals surface area contributed by atoms with Crippen molar-refractivity contribution in [2.75, 3.05) is 36.5 Å². The minimum absolute atomic E-state index is 0.0817. The second kappa shape index (κ2) is 10.2. The molecule has 4 aromatic rings. The number of fused-ring (bicyclic) bond motifs is 1. The average molecular weight is 468 g/mol. The van der Waals surface area contributed by atoms with E-state index in [-0.39, 0.29) is 19.0 Å². The number of hydrogen-bond donors (Lipinski definition) is 3. The molecule has 1 aromatic carbocycles. The number of hydrogen-bond acceptors (Lipinski definition) is 8. The zero-order valence-electron chi connectivity index (χ0n) is 18.5. The van der Waals surface area contributed by atoms with Gasteiger partial charge in [-0.05, 0) is 43.7 Å². The molecular weight excluding hydrogens is 441 g/mol. The summed E-state index contributed by atoms with van der Waals surface area (Å²) in [6.45, 7) is 4.87. The predicted molar refractivity (Wildman–Crippen MR) is 130 cm³/mol. The van der Waals surface area contributed by atoms with Crippen molar-refractivity contribution < 1.29 is 14.6 Å². The third-order valence-electron chi connectivity index (χ3n) is 5.25. The van der Waals surface area contributed by atoms with Crippen LogP contribution in [0.15, 0.2) is 42.5 Å².